The smallest absolute Gasteiger partial charge is 0.230 e. The molecule has 3 aromatic rings. The van der Waals surface area contributed by atoms with Gasteiger partial charge in [-0.05, 0) is 60.7 Å². The number of halogens is 1. The summed E-state index contributed by atoms with van der Waals surface area (Å²) >= 11 is 1.39. The van der Waals surface area contributed by atoms with E-state index in [1.54, 1.807) is 26.4 Å². The Morgan fingerprint density at radius 2 is 1.78 bits per heavy atom. The van der Waals surface area contributed by atoms with Crippen LogP contribution in [0, 0.1) is 11.7 Å². The minimum atomic E-state index is -0.483. The number of nitrogens with zero attached hydrogens (tertiary/aromatic N) is 2. The Labute approximate surface area is 223 Å². The van der Waals surface area contributed by atoms with Gasteiger partial charge in [-0.2, -0.15) is 0 Å². The van der Waals surface area contributed by atoms with Gasteiger partial charge in [-0.25, -0.2) is 9.37 Å². The van der Waals surface area contributed by atoms with Crippen LogP contribution in [0.15, 0.2) is 53.8 Å². The number of aromatic nitrogens is 2. The number of imidazole rings is 1. The molecule has 37 heavy (non-hydrogen) atoms. The lowest BCUT2D eigenvalue weighted by Gasteiger charge is -2.28. The summed E-state index contributed by atoms with van der Waals surface area (Å²) in [6.45, 7) is 4.95. The highest BCUT2D eigenvalue weighted by atomic mass is 32.2. The fraction of sp³-hybridized carbons (Fsp3) is 0.448. The predicted molar refractivity (Wildman–Crippen MR) is 146 cm³/mol. The molecule has 1 amide bonds. The van der Waals surface area contributed by atoms with E-state index in [2.05, 4.69) is 19.2 Å². The number of thioether (sulfide) groups is 1. The second-order valence-corrected chi connectivity index (χ2v) is 11.0. The number of nitrogens with one attached hydrogen (secondary N) is 1. The number of amides is 1. The second-order valence-electron chi connectivity index (χ2n) is 10.0. The zero-order valence-electron chi connectivity index (χ0n) is 22.1. The van der Waals surface area contributed by atoms with Crippen LogP contribution >= 0.6 is 11.8 Å². The lowest BCUT2D eigenvalue weighted by Crippen LogP contribution is -2.31. The van der Waals surface area contributed by atoms with Gasteiger partial charge >= 0.3 is 0 Å². The van der Waals surface area contributed by atoms with Crippen LogP contribution in [-0.2, 0) is 10.2 Å². The van der Waals surface area contributed by atoms with Gasteiger partial charge in [-0.15, -0.1) is 0 Å². The molecule has 198 valence electrons. The van der Waals surface area contributed by atoms with Crippen LogP contribution in [0.2, 0.25) is 0 Å². The third kappa shape index (κ3) is 6.29. The summed E-state index contributed by atoms with van der Waals surface area (Å²) in [5.41, 5.74) is 2.22. The van der Waals surface area contributed by atoms with Gasteiger partial charge in [0.05, 0.1) is 31.9 Å². The van der Waals surface area contributed by atoms with E-state index in [-0.39, 0.29) is 17.5 Å². The number of methoxy groups -OCH3 is 2. The van der Waals surface area contributed by atoms with Crippen molar-refractivity contribution in [2.45, 2.75) is 56.5 Å². The van der Waals surface area contributed by atoms with E-state index in [0.29, 0.717) is 22.6 Å². The molecule has 0 bridgehead atoms. The first-order chi connectivity index (χ1) is 17.8. The van der Waals surface area contributed by atoms with Gasteiger partial charge in [0.2, 0.25) is 5.91 Å². The summed E-state index contributed by atoms with van der Waals surface area (Å²) in [5.74, 6) is 1.85. The van der Waals surface area contributed by atoms with Gasteiger partial charge in [0.25, 0.3) is 0 Å². The quantitative estimate of drug-likeness (QED) is 0.322. The molecule has 1 aliphatic rings. The molecule has 8 heteroatoms. The molecular formula is C29H36FN3O3S. The Balaban J connectivity index is 1.60. The van der Waals surface area contributed by atoms with Crippen molar-refractivity contribution in [3.8, 4) is 17.2 Å². The van der Waals surface area contributed by atoms with E-state index in [4.69, 9.17) is 14.5 Å². The van der Waals surface area contributed by atoms with Gasteiger partial charge in [-0.1, -0.05) is 50.9 Å². The van der Waals surface area contributed by atoms with Crippen molar-refractivity contribution in [1.82, 2.24) is 14.9 Å². The van der Waals surface area contributed by atoms with Crippen molar-refractivity contribution in [3.05, 3.63) is 65.7 Å². The molecule has 0 saturated heterocycles. The zero-order chi connectivity index (χ0) is 26.4. The van der Waals surface area contributed by atoms with Crippen molar-refractivity contribution >= 4 is 17.7 Å². The van der Waals surface area contributed by atoms with E-state index < -0.39 is 5.41 Å². The van der Waals surface area contributed by atoms with Crippen molar-refractivity contribution in [2.24, 2.45) is 5.92 Å². The highest BCUT2D eigenvalue weighted by Crippen LogP contribution is 2.39. The molecule has 1 fully saturated rings. The average molecular weight is 526 g/mol. The minimum Gasteiger partial charge on any atom is -0.493 e. The Morgan fingerprint density at radius 3 is 2.46 bits per heavy atom. The standard InChI is InChI=1S/C29H36FN3O3S/c1-29(2,21-10-15-24(35-3)25(16-21)36-4)26-18-32-28(33(26)23-13-11-22(30)12-14-23)37-19-27(34)31-17-20-8-6-5-7-9-20/h10-16,18,20H,5-9,17,19H2,1-4H3,(H,31,34). The molecule has 4 rings (SSSR count). The average Bonchev–Trinajstić information content (AvgIpc) is 3.36. The Kier molecular flexibility index (Phi) is 8.79. The van der Waals surface area contributed by atoms with Crippen molar-refractivity contribution < 1.29 is 18.7 Å². The highest BCUT2D eigenvalue weighted by molar-refractivity contribution is 7.99. The monoisotopic (exact) mass is 525 g/mol. The third-order valence-electron chi connectivity index (χ3n) is 7.20. The Hall–Kier alpha value is -3.00. The Bertz CT molecular complexity index is 1200. The number of hydrogen-bond donors (Lipinski definition) is 1. The van der Waals surface area contributed by atoms with E-state index in [1.165, 1.54) is 56.0 Å². The summed E-state index contributed by atoms with van der Waals surface area (Å²) in [6.07, 6.45) is 8.02. The predicted octanol–water partition coefficient (Wildman–Crippen LogP) is 6.14. The zero-order valence-corrected chi connectivity index (χ0v) is 22.9. The van der Waals surface area contributed by atoms with Crippen LogP contribution < -0.4 is 14.8 Å². The summed E-state index contributed by atoms with van der Waals surface area (Å²) < 4.78 is 26.7. The molecule has 0 aliphatic heterocycles. The summed E-state index contributed by atoms with van der Waals surface area (Å²) in [4.78, 5) is 17.4. The lowest BCUT2D eigenvalue weighted by atomic mass is 9.81. The van der Waals surface area contributed by atoms with Crippen LogP contribution in [0.5, 0.6) is 11.5 Å². The fourth-order valence-corrected chi connectivity index (χ4v) is 5.74. The maximum absolute atomic E-state index is 13.8. The van der Waals surface area contributed by atoms with Crippen LogP contribution in [-0.4, -0.2) is 42.0 Å². The molecule has 1 saturated carbocycles. The summed E-state index contributed by atoms with van der Waals surface area (Å²) in [5, 5.41) is 3.79. The van der Waals surface area contributed by atoms with Gasteiger partial charge in [0.1, 0.15) is 5.82 Å². The molecule has 0 spiro atoms. The number of benzene rings is 2. The van der Waals surface area contributed by atoms with Gasteiger partial charge in [-0.3, -0.25) is 9.36 Å². The number of carbonyl (C=O) groups excluding carboxylic acids is 1. The molecule has 0 radical (unpaired) electrons. The van der Waals surface area contributed by atoms with Crippen molar-refractivity contribution in [3.63, 3.8) is 0 Å². The molecule has 6 nitrogen and oxygen atoms in total. The van der Waals surface area contributed by atoms with Crippen molar-refractivity contribution in [1.29, 1.82) is 0 Å². The first kappa shape index (κ1) is 27.0. The van der Waals surface area contributed by atoms with Crippen LogP contribution in [0.3, 0.4) is 0 Å². The maximum atomic E-state index is 13.8. The van der Waals surface area contributed by atoms with Gasteiger partial charge in [0.15, 0.2) is 16.7 Å². The van der Waals surface area contributed by atoms with Gasteiger partial charge < -0.3 is 14.8 Å². The molecule has 1 aliphatic carbocycles. The topological polar surface area (TPSA) is 65.4 Å². The summed E-state index contributed by atoms with van der Waals surface area (Å²) in [7, 11) is 3.23. The fourth-order valence-electron chi connectivity index (χ4n) is 4.92. The molecule has 0 atom stereocenters. The van der Waals surface area contributed by atoms with Crippen LogP contribution in [0.25, 0.3) is 5.69 Å². The van der Waals surface area contributed by atoms with Gasteiger partial charge in [0, 0.05) is 17.6 Å². The SMILES string of the molecule is COc1ccc(C(C)(C)c2cnc(SCC(=O)NCC3CCCCC3)n2-c2ccc(F)cc2)cc1OC. The first-order valence-corrected chi connectivity index (χ1v) is 13.8. The van der Waals surface area contributed by atoms with E-state index in [0.717, 1.165) is 23.5 Å². The molecule has 2 aromatic carbocycles. The number of rotatable bonds is 10. The van der Waals surface area contributed by atoms with Crippen molar-refractivity contribution in [2.75, 3.05) is 26.5 Å². The number of hydrogen-bond acceptors (Lipinski definition) is 5. The second kappa shape index (κ2) is 12.0. The largest absolute Gasteiger partial charge is 0.493 e. The van der Waals surface area contributed by atoms with E-state index in [1.807, 2.05) is 29.0 Å². The molecule has 1 heterocycles. The third-order valence-corrected chi connectivity index (χ3v) is 8.16. The molecule has 1 N–H and O–H groups in total. The molecule has 1 aromatic heterocycles. The minimum absolute atomic E-state index is 0.00457. The molecular weight excluding hydrogens is 489 g/mol. The Morgan fingerprint density at radius 1 is 1.08 bits per heavy atom. The normalized spacial score (nSPS) is 14.4. The maximum Gasteiger partial charge on any atom is 0.230 e. The lowest BCUT2D eigenvalue weighted by molar-refractivity contribution is -0.118. The van der Waals surface area contributed by atoms with Crippen LogP contribution in [0.4, 0.5) is 4.39 Å². The van der Waals surface area contributed by atoms with Crippen LogP contribution in [0.1, 0.15) is 57.2 Å². The number of ether oxygens (including phenoxy) is 2. The molecule has 0 unspecified atom stereocenters. The summed E-state index contributed by atoms with van der Waals surface area (Å²) in [6, 6.07) is 12.2. The first-order valence-electron chi connectivity index (χ1n) is 12.8. The van der Waals surface area contributed by atoms with E-state index in [9.17, 15) is 9.18 Å². The number of carbonyl (C=O) groups is 1. The van der Waals surface area contributed by atoms with E-state index >= 15 is 0 Å². The highest BCUT2D eigenvalue weighted by Gasteiger charge is 2.30.